The molecule has 0 fully saturated rings. The molecule has 86 valence electrons. The van der Waals surface area contributed by atoms with E-state index in [1.807, 2.05) is 35.0 Å². The van der Waals surface area contributed by atoms with E-state index < -0.39 is 5.97 Å². The second-order valence-electron chi connectivity index (χ2n) is 3.70. The van der Waals surface area contributed by atoms with Crippen LogP contribution in [0, 0.1) is 0 Å². The zero-order chi connectivity index (χ0) is 12.3. The normalized spacial score (nSPS) is 10.2. The van der Waals surface area contributed by atoms with Crippen LogP contribution in [-0.2, 0) is 6.54 Å². The standard InChI is InChI=1S/C13H10ClNO2/c14-12-5-1-3-10(7-12)8-15-6-2-4-11(9-15)13(16)17/h1-7,9H,8H2/p+1. The van der Waals surface area contributed by atoms with Gasteiger partial charge in [-0.1, -0.05) is 23.7 Å². The predicted octanol–water partition coefficient (Wildman–Crippen LogP) is 2.37. The van der Waals surface area contributed by atoms with Crippen molar-refractivity contribution in [1.29, 1.82) is 0 Å². The van der Waals surface area contributed by atoms with E-state index in [0.29, 0.717) is 11.6 Å². The summed E-state index contributed by atoms with van der Waals surface area (Å²) in [5.41, 5.74) is 1.31. The number of halogens is 1. The van der Waals surface area contributed by atoms with Crippen molar-refractivity contribution in [3.05, 3.63) is 64.9 Å². The molecule has 3 nitrogen and oxygen atoms in total. The number of nitrogens with zero attached hydrogens (tertiary/aromatic N) is 1. The zero-order valence-corrected chi connectivity index (χ0v) is 9.76. The molecule has 0 aliphatic carbocycles. The lowest BCUT2D eigenvalue weighted by atomic mass is 10.2. The molecule has 0 aliphatic rings. The van der Waals surface area contributed by atoms with Gasteiger partial charge in [-0.3, -0.25) is 0 Å². The molecule has 2 aromatic rings. The van der Waals surface area contributed by atoms with Crippen LogP contribution in [0.15, 0.2) is 48.8 Å². The van der Waals surface area contributed by atoms with E-state index in [1.165, 1.54) is 0 Å². The highest BCUT2D eigenvalue weighted by Crippen LogP contribution is 2.10. The van der Waals surface area contributed by atoms with Crippen molar-refractivity contribution in [2.75, 3.05) is 0 Å². The van der Waals surface area contributed by atoms with Gasteiger partial charge >= 0.3 is 5.97 Å². The van der Waals surface area contributed by atoms with Crippen LogP contribution >= 0.6 is 11.6 Å². The molecule has 0 saturated heterocycles. The fraction of sp³-hybridized carbons (Fsp3) is 0.0769. The third-order valence-electron chi connectivity index (χ3n) is 2.36. The summed E-state index contributed by atoms with van der Waals surface area (Å²) in [5, 5.41) is 9.56. The highest BCUT2D eigenvalue weighted by Gasteiger charge is 2.09. The minimum atomic E-state index is -0.926. The second-order valence-corrected chi connectivity index (χ2v) is 4.14. The third-order valence-corrected chi connectivity index (χ3v) is 2.59. The van der Waals surface area contributed by atoms with Gasteiger partial charge in [0.15, 0.2) is 18.9 Å². The Morgan fingerprint density at radius 2 is 2.12 bits per heavy atom. The summed E-state index contributed by atoms with van der Waals surface area (Å²) in [4.78, 5) is 10.8. The molecule has 0 radical (unpaired) electrons. The second kappa shape index (κ2) is 4.97. The summed E-state index contributed by atoms with van der Waals surface area (Å²) in [5.74, 6) is -0.926. The summed E-state index contributed by atoms with van der Waals surface area (Å²) in [6.45, 7) is 0.599. The molecule has 0 amide bonds. The SMILES string of the molecule is O=C(O)c1ccc[n+](Cc2cccc(Cl)c2)c1. The first kappa shape index (κ1) is 11.6. The number of hydrogen-bond donors (Lipinski definition) is 1. The van der Waals surface area contributed by atoms with Crippen LogP contribution in [0.5, 0.6) is 0 Å². The van der Waals surface area contributed by atoms with Gasteiger partial charge in [-0.15, -0.1) is 0 Å². The molecule has 4 heteroatoms. The molecular formula is C13H11ClNO2+. The van der Waals surface area contributed by atoms with Gasteiger partial charge in [0.05, 0.1) is 0 Å². The summed E-state index contributed by atoms with van der Waals surface area (Å²) < 4.78 is 1.81. The number of pyridine rings is 1. The Bertz CT molecular complexity index is 555. The first-order valence-electron chi connectivity index (χ1n) is 5.12. The summed E-state index contributed by atoms with van der Waals surface area (Å²) >= 11 is 5.89. The molecule has 0 spiro atoms. The van der Waals surface area contributed by atoms with Crippen molar-refractivity contribution >= 4 is 17.6 Å². The molecule has 0 aliphatic heterocycles. The number of hydrogen-bond acceptors (Lipinski definition) is 1. The molecule has 17 heavy (non-hydrogen) atoms. The van der Waals surface area contributed by atoms with Gasteiger partial charge in [0, 0.05) is 16.7 Å². The van der Waals surface area contributed by atoms with Gasteiger partial charge in [-0.2, -0.15) is 4.57 Å². The molecule has 1 heterocycles. The van der Waals surface area contributed by atoms with E-state index in [1.54, 1.807) is 18.3 Å². The van der Waals surface area contributed by atoms with Gasteiger partial charge < -0.3 is 5.11 Å². The van der Waals surface area contributed by atoms with E-state index in [-0.39, 0.29) is 5.56 Å². The lowest BCUT2D eigenvalue weighted by molar-refractivity contribution is -0.688. The van der Waals surface area contributed by atoms with Gasteiger partial charge in [0.2, 0.25) is 0 Å². The van der Waals surface area contributed by atoms with Crippen molar-refractivity contribution in [1.82, 2.24) is 0 Å². The van der Waals surface area contributed by atoms with Crippen molar-refractivity contribution in [2.24, 2.45) is 0 Å². The number of rotatable bonds is 3. The van der Waals surface area contributed by atoms with Crippen LogP contribution in [0.3, 0.4) is 0 Å². The van der Waals surface area contributed by atoms with Crippen molar-refractivity contribution in [2.45, 2.75) is 6.54 Å². The highest BCUT2D eigenvalue weighted by atomic mass is 35.5. The average Bonchev–Trinajstić information content (AvgIpc) is 2.29. The fourth-order valence-electron chi connectivity index (χ4n) is 1.59. The Hall–Kier alpha value is -1.87. The quantitative estimate of drug-likeness (QED) is 0.848. The molecule has 0 unspecified atom stereocenters. The van der Waals surface area contributed by atoms with Gasteiger partial charge in [0.1, 0.15) is 5.56 Å². The van der Waals surface area contributed by atoms with Crippen molar-refractivity contribution in [3.8, 4) is 0 Å². The van der Waals surface area contributed by atoms with Crippen LogP contribution in [0.4, 0.5) is 0 Å². The van der Waals surface area contributed by atoms with E-state index in [4.69, 9.17) is 16.7 Å². The molecule has 1 N–H and O–H groups in total. The molecule has 0 bridgehead atoms. The maximum atomic E-state index is 10.8. The van der Waals surface area contributed by atoms with Gasteiger partial charge in [-0.05, 0) is 18.2 Å². The summed E-state index contributed by atoms with van der Waals surface area (Å²) in [6.07, 6.45) is 3.43. The zero-order valence-electron chi connectivity index (χ0n) is 9.01. The van der Waals surface area contributed by atoms with Gasteiger partial charge in [-0.25, -0.2) is 4.79 Å². The fourth-order valence-corrected chi connectivity index (χ4v) is 1.81. The first-order chi connectivity index (χ1) is 8.15. The van der Waals surface area contributed by atoms with Crippen LogP contribution < -0.4 is 4.57 Å². The number of carboxylic acids is 1. The molecule has 1 aromatic heterocycles. The van der Waals surface area contributed by atoms with Crippen molar-refractivity contribution in [3.63, 3.8) is 0 Å². The lowest BCUT2D eigenvalue weighted by Gasteiger charge is -1.99. The summed E-state index contributed by atoms with van der Waals surface area (Å²) in [6, 6.07) is 10.8. The Kier molecular flexibility index (Phi) is 3.40. The van der Waals surface area contributed by atoms with Crippen molar-refractivity contribution < 1.29 is 14.5 Å². The number of benzene rings is 1. The topological polar surface area (TPSA) is 41.2 Å². The number of carbonyl (C=O) groups is 1. The minimum Gasteiger partial charge on any atom is -0.477 e. The number of aromatic carboxylic acids is 1. The molecule has 0 saturated carbocycles. The Morgan fingerprint density at radius 3 is 2.82 bits per heavy atom. The Balaban J connectivity index is 2.24. The molecular weight excluding hydrogens is 238 g/mol. The number of carboxylic acid groups (broad SMARTS) is 1. The Morgan fingerprint density at radius 1 is 1.29 bits per heavy atom. The van der Waals surface area contributed by atoms with Crippen LogP contribution in [0.25, 0.3) is 0 Å². The van der Waals surface area contributed by atoms with E-state index in [2.05, 4.69) is 0 Å². The molecule has 2 rings (SSSR count). The largest absolute Gasteiger partial charge is 0.477 e. The molecule has 1 aromatic carbocycles. The average molecular weight is 249 g/mol. The number of aromatic nitrogens is 1. The van der Waals surface area contributed by atoms with Crippen LogP contribution in [-0.4, -0.2) is 11.1 Å². The minimum absolute atomic E-state index is 0.273. The van der Waals surface area contributed by atoms with E-state index >= 15 is 0 Å². The maximum Gasteiger partial charge on any atom is 0.341 e. The van der Waals surface area contributed by atoms with E-state index in [0.717, 1.165) is 5.56 Å². The monoisotopic (exact) mass is 248 g/mol. The Labute approximate surface area is 104 Å². The lowest BCUT2D eigenvalue weighted by Crippen LogP contribution is -2.34. The van der Waals surface area contributed by atoms with Crippen LogP contribution in [0.1, 0.15) is 15.9 Å². The molecule has 0 atom stereocenters. The highest BCUT2D eigenvalue weighted by molar-refractivity contribution is 6.30. The summed E-state index contributed by atoms with van der Waals surface area (Å²) in [7, 11) is 0. The third kappa shape index (κ3) is 3.04. The van der Waals surface area contributed by atoms with Gasteiger partial charge in [0.25, 0.3) is 0 Å². The van der Waals surface area contributed by atoms with Crippen LogP contribution in [0.2, 0.25) is 5.02 Å². The maximum absolute atomic E-state index is 10.8. The first-order valence-corrected chi connectivity index (χ1v) is 5.50. The van der Waals surface area contributed by atoms with E-state index in [9.17, 15) is 4.79 Å². The predicted molar refractivity (Wildman–Crippen MR) is 64.2 cm³/mol. The smallest absolute Gasteiger partial charge is 0.341 e.